The molecule has 2 nitrogen and oxygen atoms in total. The monoisotopic (exact) mass is 302 g/mol. The van der Waals surface area contributed by atoms with Crippen molar-refractivity contribution in [2.45, 2.75) is 31.7 Å². The van der Waals surface area contributed by atoms with Crippen molar-refractivity contribution < 1.29 is 0 Å². The summed E-state index contributed by atoms with van der Waals surface area (Å²) >= 11 is 9.34. The van der Waals surface area contributed by atoms with Gasteiger partial charge in [0.25, 0.3) is 0 Å². The third-order valence-corrected chi connectivity index (χ3v) is 3.84. The van der Waals surface area contributed by atoms with E-state index in [0.717, 1.165) is 17.7 Å². The molecule has 1 atom stereocenters. The summed E-state index contributed by atoms with van der Waals surface area (Å²) in [4.78, 5) is 6.82. The highest BCUT2D eigenvalue weighted by atomic mass is 79.9. The first kappa shape index (κ1) is 12.2. The van der Waals surface area contributed by atoms with Crippen molar-refractivity contribution in [1.82, 2.24) is 4.98 Å². The molecule has 0 aliphatic carbocycles. The van der Waals surface area contributed by atoms with Crippen LogP contribution < -0.4 is 4.90 Å². The number of rotatable bonds is 4. The SMILES string of the molecule is Clc1ccc(N2CCCC2CCCBr)nc1. The topological polar surface area (TPSA) is 16.1 Å². The van der Waals surface area contributed by atoms with E-state index in [1.807, 2.05) is 12.1 Å². The normalized spacial score (nSPS) is 20.4. The van der Waals surface area contributed by atoms with Crippen molar-refractivity contribution in [1.29, 1.82) is 0 Å². The summed E-state index contributed by atoms with van der Waals surface area (Å²) in [7, 11) is 0. The fourth-order valence-corrected chi connectivity index (χ4v) is 2.72. The second-order valence-corrected chi connectivity index (χ2v) is 5.38. The summed E-state index contributed by atoms with van der Waals surface area (Å²) in [5.41, 5.74) is 0. The van der Waals surface area contributed by atoms with E-state index in [1.165, 1.54) is 25.7 Å². The first-order chi connectivity index (χ1) is 7.81. The van der Waals surface area contributed by atoms with Crippen LogP contribution in [0.25, 0.3) is 0 Å². The van der Waals surface area contributed by atoms with Gasteiger partial charge in [-0.15, -0.1) is 0 Å². The van der Waals surface area contributed by atoms with Crippen molar-refractivity contribution in [3.05, 3.63) is 23.4 Å². The van der Waals surface area contributed by atoms with E-state index in [9.17, 15) is 0 Å². The lowest BCUT2D eigenvalue weighted by molar-refractivity contribution is 0.600. The van der Waals surface area contributed by atoms with Gasteiger partial charge >= 0.3 is 0 Å². The summed E-state index contributed by atoms with van der Waals surface area (Å²) in [6.45, 7) is 1.13. The van der Waals surface area contributed by atoms with E-state index in [2.05, 4.69) is 25.8 Å². The molecule has 0 aromatic carbocycles. The average molecular weight is 304 g/mol. The summed E-state index contributed by atoms with van der Waals surface area (Å²) < 4.78 is 0. The van der Waals surface area contributed by atoms with Crippen molar-refractivity contribution >= 4 is 33.3 Å². The Morgan fingerprint density at radius 3 is 3.06 bits per heavy atom. The summed E-state index contributed by atoms with van der Waals surface area (Å²) in [6, 6.07) is 4.60. The lowest BCUT2D eigenvalue weighted by Gasteiger charge is -2.25. The first-order valence-corrected chi connectivity index (χ1v) is 7.25. The molecule has 0 bridgehead atoms. The van der Waals surface area contributed by atoms with Crippen LogP contribution in [0.5, 0.6) is 0 Å². The highest BCUT2D eigenvalue weighted by Gasteiger charge is 2.24. The van der Waals surface area contributed by atoms with E-state index >= 15 is 0 Å². The highest BCUT2D eigenvalue weighted by Crippen LogP contribution is 2.27. The molecule has 1 fully saturated rings. The Balaban J connectivity index is 2.04. The second-order valence-electron chi connectivity index (χ2n) is 4.16. The highest BCUT2D eigenvalue weighted by molar-refractivity contribution is 9.09. The number of pyridine rings is 1. The van der Waals surface area contributed by atoms with Crippen LogP contribution in [0.1, 0.15) is 25.7 Å². The number of alkyl halides is 1. The third kappa shape index (κ3) is 2.89. The molecule has 1 aromatic rings. The molecule has 16 heavy (non-hydrogen) atoms. The van der Waals surface area contributed by atoms with Gasteiger partial charge in [-0.3, -0.25) is 0 Å². The molecule has 0 N–H and O–H groups in total. The van der Waals surface area contributed by atoms with E-state index in [1.54, 1.807) is 6.20 Å². The van der Waals surface area contributed by atoms with E-state index < -0.39 is 0 Å². The third-order valence-electron chi connectivity index (χ3n) is 3.05. The number of hydrogen-bond acceptors (Lipinski definition) is 2. The summed E-state index contributed by atoms with van der Waals surface area (Å²) in [5, 5.41) is 1.80. The molecule has 1 saturated heterocycles. The molecule has 0 spiro atoms. The molecule has 2 rings (SSSR count). The Kier molecular flexibility index (Phi) is 4.47. The molecule has 1 aliphatic heterocycles. The molecular weight excluding hydrogens is 288 g/mol. The minimum Gasteiger partial charge on any atom is -0.354 e. The van der Waals surface area contributed by atoms with Gasteiger partial charge in [0.2, 0.25) is 0 Å². The molecule has 1 aliphatic rings. The largest absolute Gasteiger partial charge is 0.354 e. The first-order valence-electron chi connectivity index (χ1n) is 5.75. The van der Waals surface area contributed by atoms with E-state index in [0.29, 0.717) is 11.1 Å². The maximum atomic E-state index is 5.85. The Morgan fingerprint density at radius 1 is 1.50 bits per heavy atom. The van der Waals surface area contributed by atoms with Gasteiger partial charge in [0, 0.05) is 24.1 Å². The van der Waals surface area contributed by atoms with Gasteiger partial charge < -0.3 is 4.90 Å². The van der Waals surface area contributed by atoms with Crippen LogP contribution in [-0.4, -0.2) is 22.9 Å². The molecule has 1 unspecified atom stereocenters. The Hall–Kier alpha value is -0.280. The summed E-state index contributed by atoms with van der Waals surface area (Å²) in [6.07, 6.45) is 6.77. The van der Waals surface area contributed by atoms with E-state index in [-0.39, 0.29) is 0 Å². The molecule has 88 valence electrons. The Bertz CT molecular complexity index is 328. The number of aromatic nitrogens is 1. The number of hydrogen-bond donors (Lipinski definition) is 0. The zero-order valence-corrected chi connectivity index (χ0v) is 11.5. The molecular formula is C12H16BrClN2. The van der Waals surface area contributed by atoms with Gasteiger partial charge in [0.15, 0.2) is 0 Å². The average Bonchev–Trinajstić information content (AvgIpc) is 2.75. The minimum atomic E-state index is 0.659. The van der Waals surface area contributed by atoms with Crippen molar-refractivity contribution in [3.63, 3.8) is 0 Å². The lowest BCUT2D eigenvalue weighted by atomic mass is 10.1. The fraction of sp³-hybridized carbons (Fsp3) is 0.583. The predicted octanol–water partition coefficient (Wildman–Crippen LogP) is 3.88. The maximum Gasteiger partial charge on any atom is 0.128 e. The molecule has 0 radical (unpaired) electrons. The molecule has 0 amide bonds. The zero-order valence-electron chi connectivity index (χ0n) is 9.20. The zero-order chi connectivity index (χ0) is 11.4. The van der Waals surface area contributed by atoms with Gasteiger partial charge in [-0.25, -0.2) is 4.98 Å². The molecule has 2 heterocycles. The Labute approximate surface area is 110 Å². The minimum absolute atomic E-state index is 0.659. The number of anilines is 1. The van der Waals surface area contributed by atoms with E-state index in [4.69, 9.17) is 11.6 Å². The molecule has 4 heteroatoms. The number of halogens is 2. The standard InChI is InChI=1S/C12H16BrClN2/c13-7-1-3-11-4-2-8-16(11)12-6-5-10(14)9-15-12/h5-6,9,11H,1-4,7-8H2. The maximum absolute atomic E-state index is 5.85. The molecule has 0 saturated carbocycles. The van der Waals surface area contributed by atoms with Crippen LogP contribution in [0.4, 0.5) is 5.82 Å². The predicted molar refractivity (Wildman–Crippen MR) is 72.6 cm³/mol. The van der Waals surface area contributed by atoms with Gasteiger partial charge in [0.1, 0.15) is 5.82 Å². The van der Waals surface area contributed by atoms with Gasteiger partial charge in [-0.1, -0.05) is 27.5 Å². The van der Waals surface area contributed by atoms with Crippen LogP contribution in [0, 0.1) is 0 Å². The fourth-order valence-electron chi connectivity index (χ4n) is 2.29. The second kappa shape index (κ2) is 5.87. The number of nitrogens with zero attached hydrogens (tertiary/aromatic N) is 2. The van der Waals surface area contributed by atoms with Gasteiger partial charge in [-0.05, 0) is 37.8 Å². The molecule has 1 aromatic heterocycles. The van der Waals surface area contributed by atoms with Crippen molar-refractivity contribution in [2.24, 2.45) is 0 Å². The van der Waals surface area contributed by atoms with Crippen LogP contribution in [-0.2, 0) is 0 Å². The van der Waals surface area contributed by atoms with Crippen molar-refractivity contribution in [2.75, 3.05) is 16.8 Å². The van der Waals surface area contributed by atoms with Gasteiger partial charge in [0.05, 0.1) is 5.02 Å². The Morgan fingerprint density at radius 2 is 2.38 bits per heavy atom. The summed E-state index contributed by atoms with van der Waals surface area (Å²) in [5.74, 6) is 1.07. The van der Waals surface area contributed by atoms with Gasteiger partial charge in [-0.2, -0.15) is 0 Å². The van der Waals surface area contributed by atoms with Crippen LogP contribution in [0.2, 0.25) is 5.02 Å². The van der Waals surface area contributed by atoms with Crippen LogP contribution >= 0.6 is 27.5 Å². The van der Waals surface area contributed by atoms with Crippen LogP contribution in [0.3, 0.4) is 0 Å². The quantitative estimate of drug-likeness (QED) is 0.785. The van der Waals surface area contributed by atoms with Crippen molar-refractivity contribution in [3.8, 4) is 0 Å². The lowest BCUT2D eigenvalue weighted by Crippen LogP contribution is -2.29. The smallest absolute Gasteiger partial charge is 0.128 e. The van der Waals surface area contributed by atoms with Crippen LogP contribution in [0.15, 0.2) is 18.3 Å².